The lowest BCUT2D eigenvalue weighted by Gasteiger charge is -2.18. The van der Waals surface area contributed by atoms with Crippen LogP contribution in [0.25, 0.3) is 0 Å². The predicted molar refractivity (Wildman–Crippen MR) is 82.9 cm³/mol. The summed E-state index contributed by atoms with van der Waals surface area (Å²) in [7, 11) is -3.67. The van der Waals surface area contributed by atoms with Crippen molar-refractivity contribution in [3.63, 3.8) is 0 Å². The van der Waals surface area contributed by atoms with E-state index in [0.717, 1.165) is 12.0 Å². The summed E-state index contributed by atoms with van der Waals surface area (Å²) in [6, 6.07) is 1.29. The fraction of sp³-hybridized carbons (Fsp3) is 0.467. The van der Waals surface area contributed by atoms with E-state index in [1.807, 2.05) is 13.8 Å². The summed E-state index contributed by atoms with van der Waals surface area (Å²) < 4.78 is 27.7. The van der Waals surface area contributed by atoms with E-state index in [1.165, 1.54) is 0 Å². The lowest BCUT2D eigenvalue weighted by molar-refractivity contribution is 0.563. The smallest absolute Gasteiger partial charge is 0.242 e. The summed E-state index contributed by atoms with van der Waals surface area (Å²) in [6.45, 7) is 7.29. The minimum absolute atomic E-state index is 0.242. The van der Waals surface area contributed by atoms with Gasteiger partial charge >= 0.3 is 0 Å². The Morgan fingerprint density at radius 1 is 1.35 bits per heavy atom. The first kappa shape index (κ1) is 16.5. The highest BCUT2D eigenvalue weighted by Gasteiger charge is 2.24. The lowest BCUT2D eigenvalue weighted by Crippen LogP contribution is -2.34. The van der Waals surface area contributed by atoms with E-state index in [-0.39, 0.29) is 4.90 Å². The van der Waals surface area contributed by atoms with Gasteiger partial charge < -0.3 is 5.73 Å². The van der Waals surface area contributed by atoms with Crippen molar-refractivity contribution in [2.45, 2.75) is 51.5 Å². The van der Waals surface area contributed by atoms with Crippen LogP contribution in [0.5, 0.6) is 0 Å². The molecule has 1 unspecified atom stereocenters. The Balaban J connectivity index is 3.33. The van der Waals surface area contributed by atoms with E-state index >= 15 is 0 Å². The molecule has 0 saturated heterocycles. The molecule has 1 aromatic carbocycles. The SMILES string of the molecule is C#CC(CCC)NS(=O)(=O)c1c(C)c(C)cc(N)c1C. The van der Waals surface area contributed by atoms with E-state index < -0.39 is 16.1 Å². The van der Waals surface area contributed by atoms with Gasteiger partial charge in [-0.15, -0.1) is 6.42 Å². The molecular formula is C15H22N2O2S. The van der Waals surface area contributed by atoms with Gasteiger partial charge in [0.1, 0.15) is 0 Å². The third kappa shape index (κ3) is 3.33. The van der Waals surface area contributed by atoms with Gasteiger partial charge in [0, 0.05) is 5.69 Å². The van der Waals surface area contributed by atoms with E-state index in [1.54, 1.807) is 19.9 Å². The van der Waals surface area contributed by atoms with Gasteiger partial charge in [-0.25, -0.2) is 8.42 Å². The minimum atomic E-state index is -3.67. The number of rotatable bonds is 5. The van der Waals surface area contributed by atoms with Gasteiger partial charge in [-0.05, 0) is 49.9 Å². The molecule has 0 spiro atoms. The highest BCUT2D eigenvalue weighted by molar-refractivity contribution is 7.89. The van der Waals surface area contributed by atoms with E-state index in [0.29, 0.717) is 23.2 Å². The van der Waals surface area contributed by atoms with Crippen molar-refractivity contribution >= 4 is 15.7 Å². The molecule has 1 atom stereocenters. The monoisotopic (exact) mass is 294 g/mol. The van der Waals surface area contributed by atoms with Crippen molar-refractivity contribution in [3.05, 3.63) is 22.8 Å². The topological polar surface area (TPSA) is 72.2 Å². The molecule has 1 aromatic rings. The second kappa shape index (κ2) is 6.29. The van der Waals surface area contributed by atoms with Crippen molar-refractivity contribution in [1.82, 2.24) is 4.72 Å². The number of nitrogens with two attached hydrogens (primary N) is 1. The van der Waals surface area contributed by atoms with Crippen LogP contribution in [0.3, 0.4) is 0 Å². The summed E-state index contributed by atoms with van der Waals surface area (Å²) in [5.41, 5.74) is 8.47. The molecule has 0 heterocycles. The van der Waals surface area contributed by atoms with Gasteiger partial charge in [-0.2, -0.15) is 4.72 Å². The van der Waals surface area contributed by atoms with Gasteiger partial charge in [0.25, 0.3) is 0 Å². The molecule has 0 aliphatic rings. The first-order valence-corrected chi connectivity index (χ1v) is 8.07. The molecule has 1 rings (SSSR count). The number of hydrogen-bond acceptors (Lipinski definition) is 3. The zero-order valence-corrected chi connectivity index (χ0v) is 13.3. The molecule has 110 valence electrons. The molecule has 0 amide bonds. The van der Waals surface area contributed by atoms with Crippen LogP contribution in [0.1, 0.15) is 36.5 Å². The van der Waals surface area contributed by atoms with Crippen molar-refractivity contribution in [1.29, 1.82) is 0 Å². The standard InChI is InChI=1S/C15H22N2O2S/c1-6-8-13(7-2)17-20(18,19)15-11(4)10(3)9-14(16)12(15)5/h2,9,13,17H,6,8,16H2,1,3-5H3. The quantitative estimate of drug-likeness (QED) is 0.646. The molecule has 0 aromatic heterocycles. The number of hydrogen-bond donors (Lipinski definition) is 2. The van der Waals surface area contributed by atoms with Crippen LogP contribution in [0.4, 0.5) is 5.69 Å². The number of nitrogen functional groups attached to an aromatic ring is 1. The Bertz CT molecular complexity index is 617. The number of anilines is 1. The van der Waals surface area contributed by atoms with Crippen LogP contribution >= 0.6 is 0 Å². The highest BCUT2D eigenvalue weighted by Crippen LogP contribution is 2.28. The second-order valence-corrected chi connectivity index (χ2v) is 6.64. The molecule has 0 bridgehead atoms. The third-order valence-corrected chi connectivity index (χ3v) is 5.17. The van der Waals surface area contributed by atoms with Gasteiger partial charge in [0.05, 0.1) is 10.9 Å². The second-order valence-electron chi connectivity index (χ2n) is 4.99. The van der Waals surface area contributed by atoms with Gasteiger partial charge in [-0.1, -0.05) is 19.3 Å². The zero-order valence-electron chi connectivity index (χ0n) is 12.4. The average Bonchev–Trinajstić information content (AvgIpc) is 2.35. The fourth-order valence-electron chi connectivity index (χ4n) is 2.16. The van der Waals surface area contributed by atoms with Crippen LogP contribution in [0.2, 0.25) is 0 Å². The van der Waals surface area contributed by atoms with E-state index in [4.69, 9.17) is 12.2 Å². The summed E-state index contributed by atoms with van der Waals surface area (Å²) in [4.78, 5) is 0.242. The molecular weight excluding hydrogens is 272 g/mol. The Labute approximate surface area is 121 Å². The van der Waals surface area contributed by atoms with Crippen LogP contribution in [-0.4, -0.2) is 14.5 Å². The maximum absolute atomic E-state index is 12.6. The van der Waals surface area contributed by atoms with Crippen molar-refractivity contribution in [2.24, 2.45) is 0 Å². The number of benzene rings is 1. The Morgan fingerprint density at radius 3 is 2.45 bits per heavy atom. The molecule has 4 nitrogen and oxygen atoms in total. The maximum atomic E-state index is 12.6. The molecule has 0 radical (unpaired) electrons. The molecule has 0 aliphatic heterocycles. The van der Waals surface area contributed by atoms with E-state index in [9.17, 15) is 8.42 Å². The highest BCUT2D eigenvalue weighted by atomic mass is 32.2. The van der Waals surface area contributed by atoms with Crippen LogP contribution in [0, 0.1) is 33.1 Å². The first-order valence-electron chi connectivity index (χ1n) is 6.59. The van der Waals surface area contributed by atoms with Crippen molar-refractivity contribution in [2.75, 3.05) is 5.73 Å². The molecule has 0 aliphatic carbocycles. The third-order valence-electron chi connectivity index (χ3n) is 3.42. The number of nitrogens with one attached hydrogen (secondary N) is 1. The van der Waals surface area contributed by atoms with Gasteiger partial charge in [-0.3, -0.25) is 0 Å². The largest absolute Gasteiger partial charge is 0.398 e. The maximum Gasteiger partial charge on any atom is 0.242 e. The average molecular weight is 294 g/mol. The zero-order chi connectivity index (χ0) is 15.5. The summed E-state index contributed by atoms with van der Waals surface area (Å²) >= 11 is 0. The number of aryl methyl sites for hydroxylation is 1. The minimum Gasteiger partial charge on any atom is -0.398 e. The number of terminal acetylenes is 1. The Morgan fingerprint density at radius 2 is 1.95 bits per heavy atom. The summed E-state index contributed by atoms with van der Waals surface area (Å²) in [6.07, 6.45) is 6.80. The first-order chi connectivity index (χ1) is 9.24. The predicted octanol–water partition coefficient (Wildman–Crippen LogP) is 2.27. The van der Waals surface area contributed by atoms with Gasteiger partial charge in [0.2, 0.25) is 10.0 Å². The van der Waals surface area contributed by atoms with Crippen molar-refractivity contribution < 1.29 is 8.42 Å². The molecule has 0 fully saturated rings. The van der Waals surface area contributed by atoms with Crippen LogP contribution < -0.4 is 10.5 Å². The van der Waals surface area contributed by atoms with Gasteiger partial charge in [0.15, 0.2) is 0 Å². The summed E-state index contributed by atoms with van der Waals surface area (Å²) in [5, 5.41) is 0. The summed E-state index contributed by atoms with van der Waals surface area (Å²) in [5.74, 6) is 2.48. The normalized spacial score (nSPS) is 12.9. The van der Waals surface area contributed by atoms with E-state index in [2.05, 4.69) is 10.6 Å². The fourth-order valence-corrected chi connectivity index (χ4v) is 3.92. The van der Waals surface area contributed by atoms with Crippen molar-refractivity contribution in [3.8, 4) is 12.3 Å². The van der Waals surface area contributed by atoms with Crippen LogP contribution in [0.15, 0.2) is 11.0 Å². The lowest BCUT2D eigenvalue weighted by atomic mass is 10.1. The Hall–Kier alpha value is -1.51. The molecule has 20 heavy (non-hydrogen) atoms. The van der Waals surface area contributed by atoms with Crippen LogP contribution in [-0.2, 0) is 10.0 Å². The molecule has 3 N–H and O–H groups in total. The number of sulfonamides is 1. The Kier molecular flexibility index (Phi) is 5.21. The molecule has 0 saturated carbocycles. The molecule has 5 heteroatoms.